The number of aryl methyl sites for hydroxylation is 1. The van der Waals surface area contributed by atoms with Crippen LogP contribution in [0, 0.1) is 0 Å². The Morgan fingerprint density at radius 1 is 1.41 bits per heavy atom. The molecule has 0 atom stereocenters. The minimum atomic E-state index is -0.899. The van der Waals surface area contributed by atoms with Crippen molar-refractivity contribution < 1.29 is 19.4 Å². The van der Waals surface area contributed by atoms with E-state index in [0.717, 1.165) is 0 Å². The van der Waals surface area contributed by atoms with Gasteiger partial charge >= 0.3 is 11.9 Å². The van der Waals surface area contributed by atoms with E-state index in [-0.39, 0.29) is 12.8 Å². The van der Waals surface area contributed by atoms with Crippen LogP contribution in [0.2, 0.25) is 0 Å². The second kappa shape index (κ2) is 6.30. The van der Waals surface area contributed by atoms with Gasteiger partial charge in [0, 0.05) is 11.3 Å². The van der Waals surface area contributed by atoms with Gasteiger partial charge in [-0.1, -0.05) is 0 Å². The van der Waals surface area contributed by atoms with Crippen molar-refractivity contribution in [1.82, 2.24) is 0 Å². The maximum Gasteiger partial charge on any atom is 0.338 e. The molecule has 0 amide bonds. The topological polar surface area (TPSA) is 63.6 Å². The molecule has 4 nitrogen and oxygen atoms in total. The fourth-order valence-corrected chi connectivity index (χ4v) is 1.67. The predicted molar refractivity (Wildman–Crippen MR) is 65.6 cm³/mol. The van der Waals surface area contributed by atoms with Gasteiger partial charge in [0.1, 0.15) is 0 Å². The summed E-state index contributed by atoms with van der Waals surface area (Å²) in [6.45, 7) is 2.02. The molecule has 1 rings (SSSR count). The molecule has 0 fully saturated rings. The molecule has 0 unspecified atom stereocenters. The Balaban J connectivity index is 2.94. The Hall–Kier alpha value is -1.49. The molecule has 0 saturated heterocycles. The van der Waals surface area contributed by atoms with E-state index in [1.807, 2.05) is 0 Å². The van der Waals surface area contributed by atoms with E-state index in [1.165, 1.54) is 0 Å². The minimum absolute atomic E-state index is 0.0242. The Labute approximate surface area is 105 Å². The first-order chi connectivity index (χ1) is 8.04. The zero-order chi connectivity index (χ0) is 12.8. The van der Waals surface area contributed by atoms with E-state index < -0.39 is 11.9 Å². The number of hydrogen-bond donors (Lipinski definition) is 2. The Morgan fingerprint density at radius 2 is 2.12 bits per heavy atom. The average molecular weight is 254 g/mol. The maximum absolute atomic E-state index is 11.6. The predicted octanol–water partition coefficient (Wildman–Crippen LogP) is 2.17. The number of rotatable bonds is 5. The van der Waals surface area contributed by atoms with Crippen LogP contribution in [0.5, 0.6) is 0 Å². The van der Waals surface area contributed by atoms with Crippen molar-refractivity contribution in [3.63, 3.8) is 0 Å². The molecule has 0 aliphatic heterocycles. The number of carbonyl (C=O) groups is 2. The van der Waals surface area contributed by atoms with Crippen molar-refractivity contribution in [2.75, 3.05) is 6.61 Å². The third-order valence-corrected chi connectivity index (χ3v) is 2.47. The normalized spacial score (nSPS) is 10.0. The molecule has 1 aromatic carbocycles. The van der Waals surface area contributed by atoms with E-state index in [0.29, 0.717) is 22.6 Å². The quantitative estimate of drug-likeness (QED) is 0.624. The average Bonchev–Trinajstić information content (AvgIpc) is 2.26. The number of ether oxygens (including phenoxy) is 1. The maximum atomic E-state index is 11.6. The number of carboxylic acid groups (broad SMARTS) is 1. The highest BCUT2D eigenvalue weighted by Crippen LogP contribution is 2.17. The third kappa shape index (κ3) is 4.11. The highest BCUT2D eigenvalue weighted by atomic mass is 32.1. The molecule has 92 valence electrons. The van der Waals surface area contributed by atoms with Gasteiger partial charge in [0.25, 0.3) is 0 Å². The fraction of sp³-hybridized carbons (Fsp3) is 0.333. The lowest BCUT2D eigenvalue weighted by atomic mass is 10.0. The summed E-state index contributed by atoms with van der Waals surface area (Å²) in [5.41, 5.74) is 1.06. The Bertz CT molecular complexity index is 429. The summed E-state index contributed by atoms with van der Waals surface area (Å²) in [6, 6.07) is 4.98. The first-order valence-electron chi connectivity index (χ1n) is 5.25. The smallest absolute Gasteiger partial charge is 0.338 e. The summed E-state index contributed by atoms with van der Waals surface area (Å²) < 4.78 is 4.90. The summed E-state index contributed by atoms with van der Waals surface area (Å²) in [5.74, 6) is -1.33. The van der Waals surface area contributed by atoms with Crippen LogP contribution < -0.4 is 0 Å². The van der Waals surface area contributed by atoms with Crippen molar-refractivity contribution in [3.05, 3.63) is 29.3 Å². The molecule has 0 bridgehead atoms. The van der Waals surface area contributed by atoms with Gasteiger partial charge in [-0.3, -0.25) is 4.79 Å². The first kappa shape index (κ1) is 13.6. The lowest BCUT2D eigenvalue weighted by Gasteiger charge is -2.08. The lowest BCUT2D eigenvalue weighted by Crippen LogP contribution is -2.09. The standard InChI is InChI=1S/C12H14O4S/c1-2-16-12(15)10-5-4-9(17)7-8(10)3-6-11(13)14/h4-5,7,17H,2-3,6H2,1H3,(H,13,14). The van der Waals surface area contributed by atoms with E-state index >= 15 is 0 Å². The van der Waals surface area contributed by atoms with Gasteiger partial charge in [-0.15, -0.1) is 12.6 Å². The van der Waals surface area contributed by atoms with Crippen LogP contribution in [0.4, 0.5) is 0 Å². The van der Waals surface area contributed by atoms with Crippen LogP contribution >= 0.6 is 12.6 Å². The molecule has 0 spiro atoms. The van der Waals surface area contributed by atoms with Gasteiger partial charge in [0.2, 0.25) is 0 Å². The number of carbonyl (C=O) groups excluding carboxylic acids is 1. The monoisotopic (exact) mass is 254 g/mol. The van der Waals surface area contributed by atoms with E-state index in [4.69, 9.17) is 9.84 Å². The molecule has 5 heteroatoms. The summed E-state index contributed by atoms with van der Waals surface area (Å²) >= 11 is 4.17. The van der Waals surface area contributed by atoms with Crippen LogP contribution in [0.3, 0.4) is 0 Å². The SMILES string of the molecule is CCOC(=O)c1ccc(S)cc1CCC(=O)O. The molecule has 0 heterocycles. The van der Waals surface area contributed by atoms with E-state index in [9.17, 15) is 9.59 Å². The highest BCUT2D eigenvalue weighted by Gasteiger charge is 2.13. The number of carboxylic acids is 1. The van der Waals surface area contributed by atoms with Crippen LogP contribution in [0.25, 0.3) is 0 Å². The van der Waals surface area contributed by atoms with Crippen molar-refractivity contribution in [2.24, 2.45) is 0 Å². The van der Waals surface area contributed by atoms with Crippen molar-refractivity contribution in [3.8, 4) is 0 Å². The summed E-state index contributed by atoms with van der Waals surface area (Å²) in [4.78, 5) is 22.8. The fourth-order valence-electron chi connectivity index (χ4n) is 1.44. The number of hydrogen-bond acceptors (Lipinski definition) is 4. The first-order valence-corrected chi connectivity index (χ1v) is 5.70. The van der Waals surface area contributed by atoms with Crippen LogP contribution in [-0.2, 0) is 16.0 Å². The zero-order valence-electron chi connectivity index (χ0n) is 9.47. The Morgan fingerprint density at radius 3 is 2.71 bits per heavy atom. The molecule has 1 N–H and O–H groups in total. The summed E-state index contributed by atoms with van der Waals surface area (Å²) in [5, 5.41) is 8.64. The summed E-state index contributed by atoms with van der Waals surface area (Å²) in [7, 11) is 0. The van der Waals surface area contributed by atoms with Crippen LogP contribution in [0.15, 0.2) is 23.1 Å². The van der Waals surface area contributed by atoms with E-state index in [2.05, 4.69) is 12.6 Å². The third-order valence-electron chi connectivity index (χ3n) is 2.19. The van der Waals surface area contributed by atoms with Gasteiger partial charge < -0.3 is 9.84 Å². The number of benzene rings is 1. The van der Waals surface area contributed by atoms with Gasteiger partial charge in [0.15, 0.2) is 0 Å². The minimum Gasteiger partial charge on any atom is -0.481 e. The van der Waals surface area contributed by atoms with Crippen LogP contribution in [-0.4, -0.2) is 23.7 Å². The van der Waals surface area contributed by atoms with Gasteiger partial charge in [-0.05, 0) is 37.1 Å². The summed E-state index contributed by atoms with van der Waals surface area (Å²) in [6.07, 6.45) is 0.265. The Kier molecular flexibility index (Phi) is 5.03. The van der Waals surface area contributed by atoms with Crippen molar-refractivity contribution in [2.45, 2.75) is 24.7 Å². The van der Waals surface area contributed by atoms with Crippen molar-refractivity contribution >= 4 is 24.6 Å². The van der Waals surface area contributed by atoms with Gasteiger partial charge in [-0.25, -0.2) is 4.79 Å². The van der Waals surface area contributed by atoms with Gasteiger partial charge in [-0.2, -0.15) is 0 Å². The largest absolute Gasteiger partial charge is 0.481 e. The number of aliphatic carboxylic acids is 1. The molecule has 0 radical (unpaired) electrons. The molecule has 1 aromatic rings. The number of thiol groups is 1. The molecular formula is C12H14O4S. The molecule has 0 aliphatic rings. The van der Waals surface area contributed by atoms with Crippen molar-refractivity contribution in [1.29, 1.82) is 0 Å². The molecule has 0 aliphatic carbocycles. The van der Waals surface area contributed by atoms with E-state index in [1.54, 1.807) is 25.1 Å². The molecular weight excluding hydrogens is 240 g/mol. The second-order valence-electron chi connectivity index (χ2n) is 3.46. The molecule has 0 saturated carbocycles. The highest BCUT2D eigenvalue weighted by molar-refractivity contribution is 7.80. The molecule has 17 heavy (non-hydrogen) atoms. The van der Waals surface area contributed by atoms with Gasteiger partial charge in [0.05, 0.1) is 12.2 Å². The second-order valence-corrected chi connectivity index (χ2v) is 3.97. The van der Waals surface area contributed by atoms with Crippen LogP contribution in [0.1, 0.15) is 29.3 Å². The number of esters is 1. The molecule has 0 aromatic heterocycles. The zero-order valence-corrected chi connectivity index (χ0v) is 10.4. The lowest BCUT2D eigenvalue weighted by molar-refractivity contribution is -0.136.